The van der Waals surface area contributed by atoms with E-state index >= 15 is 0 Å². The van der Waals surface area contributed by atoms with Crippen LogP contribution in [0, 0.1) is 13.8 Å². The number of aromatic nitrogens is 3. The summed E-state index contributed by atoms with van der Waals surface area (Å²) in [6.45, 7) is 6.16. The van der Waals surface area contributed by atoms with Crippen LogP contribution in [0.1, 0.15) is 23.9 Å². The van der Waals surface area contributed by atoms with Crippen molar-refractivity contribution in [2.75, 3.05) is 12.4 Å². The number of nitrogens with one attached hydrogen (secondary N) is 1. The lowest BCUT2D eigenvalue weighted by Crippen LogP contribution is -2.05. The van der Waals surface area contributed by atoms with Gasteiger partial charge in [-0.15, -0.1) is 0 Å². The SMILES string of the molecule is CCc1nc(NC)c(C)c(-c2ccncc2C)n1. The number of anilines is 1. The average molecular weight is 242 g/mol. The second-order valence-corrected chi connectivity index (χ2v) is 4.26. The maximum absolute atomic E-state index is 4.65. The number of nitrogens with zero attached hydrogens (tertiary/aromatic N) is 3. The lowest BCUT2D eigenvalue weighted by Gasteiger charge is -2.13. The first-order valence-corrected chi connectivity index (χ1v) is 6.13. The van der Waals surface area contributed by atoms with Crippen molar-refractivity contribution in [1.82, 2.24) is 15.0 Å². The van der Waals surface area contributed by atoms with Gasteiger partial charge in [-0.25, -0.2) is 9.97 Å². The maximum Gasteiger partial charge on any atom is 0.132 e. The fourth-order valence-corrected chi connectivity index (χ4v) is 1.97. The van der Waals surface area contributed by atoms with Gasteiger partial charge in [0.25, 0.3) is 0 Å². The standard InChI is InChI=1S/C14H18N4/c1-5-12-17-13(10(3)14(15-4)18-12)11-6-7-16-8-9(11)2/h6-8H,5H2,1-4H3,(H,15,17,18). The lowest BCUT2D eigenvalue weighted by atomic mass is 10.0. The molecule has 0 bridgehead atoms. The Bertz CT molecular complexity index is 564. The van der Waals surface area contributed by atoms with Crippen molar-refractivity contribution in [1.29, 1.82) is 0 Å². The van der Waals surface area contributed by atoms with Gasteiger partial charge in [-0.1, -0.05) is 6.92 Å². The zero-order chi connectivity index (χ0) is 13.1. The number of aryl methyl sites for hydroxylation is 2. The number of rotatable bonds is 3. The van der Waals surface area contributed by atoms with Gasteiger partial charge < -0.3 is 5.32 Å². The van der Waals surface area contributed by atoms with E-state index in [1.165, 1.54) is 0 Å². The van der Waals surface area contributed by atoms with Crippen molar-refractivity contribution in [2.45, 2.75) is 27.2 Å². The zero-order valence-electron chi connectivity index (χ0n) is 11.3. The van der Waals surface area contributed by atoms with E-state index in [-0.39, 0.29) is 0 Å². The highest BCUT2D eigenvalue weighted by Crippen LogP contribution is 2.27. The molecule has 2 heterocycles. The number of pyridine rings is 1. The van der Waals surface area contributed by atoms with Gasteiger partial charge in [-0.3, -0.25) is 4.98 Å². The minimum Gasteiger partial charge on any atom is -0.373 e. The highest BCUT2D eigenvalue weighted by Gasteiger charge is 2.12. The first kappa shape index (κ1) is 12.5. The molecule has 0 spiro atoms. The van der Waals surface area contributed by atoms with Gasteiger partial charge in [0.1, 0.15) is 11.6 Å². The zero-order valence-corrected chi connectivity index (χ0v) is 11.3. The van der Waals surface area contributed by atoms with Crippen LogP contribution < -0.4 is 5.32 Å². The van der Waals surface area contributed by atoms with E-state index in [9.17, 15) is 0 Å². The molecule has 0 radical (unpaired) electrons. The van der Waals surface area contributed by atoms with Crippen LogP contribution in [-0.4, -0.2) is 22.0 Å². The summed E-state index contributed by atoms with van der Waals surface area (Å²) in [5, 5.41) is 3.13. The van der Waals surface area contributed by atoms with E-state index in [0.717, 1.165) is 40.4 Å². The molecule has 0 aromatic carbocycles. The third-order valence-corrected chi connectivity index (χ3v) is 3.02. The Hall–Kier alpha value is -1.97. The van der Waals surface area contributed by atoms with Crippen LogP contribution in [0.3, 0.4) is 0 Å². The van der Waals surface area contributed by atoms with Crippen LogP contribution in [0.15, 0.2) is 18.5 Å². The largest absolute Gasteiger partial charge is 0.373 e. The Morgan fingerprint density at radius 2 is 2.00 bits per heavy atom. The van der Waals surface area contributed by atoms with Gasteiger partial charge in [0.05, 0.1) is 5.69 Å². The monoisotopic (exact) mass is 242 g/mol. The summed E-state index contributed by atoms with van der Waals surface area (Å²) in [5.41, 5.74) is 4.31. The molecule has 18 heavy (non-hydrogen) atoms. The van der Waals surface area contributed by atoms with Gasteiger partial charge in [0, 0.05) is 37.0 Å². The first-order valence-electron chi connectivity index (χ1n) is 6.13. The normalized spacial score (nSPS) is 10.4. The van der Waals surface area contributed by atoms with Crippen LogP contribution in [0.4, 0.5) is 5.82 Å². The topological polar surface area (TPSA) is 50.7 Å². The Morgan fingerprint density at radius 3 is 2.61 bits per heavy atom. The Morgan fingerprint density at radius 1 is 1.22 bits per heavy atom. The summed E-state index contributed by atoms with van der Waals surface area (Å²) in [4.78, 5) is 13.3. The highest BCUT2D eigenvalue weighted by molar-refractivity contribution is 5.70. The average Bonchev–Trinajstić information content (AvgIpc) is 2.40. The van der Waals surface area contributed by atoms with E-state index < -0.39 is 0 Å². The van der Waals surface area contributed by atoms with E-state index in [1.54, 1.807) is 6.20 Å². The molecule has 4 nitrogen and oxygen atoms in total. The molecule has 0 atom stereocenters. The molecule has 2 aromatic heterocycles. The number of hydrogen-bond acceptors (Lipinski definition) is 4. The van der Waals surface area contributed by atoms with Crippen molar-refractivity contribution in [3.05, 3.63) is 35.4 Å². The molecular formula is C14H18N4. The van der Waals surface area contributed by atoms with Gasteiger partial charge in [-0.2, -0.15) is 0 Å². The van der Waals surface area contributed by atoms with Crippen LogP contribution in [0.5, 0.6) is 0 Å². The van der Waals surface area contributed by atoms with Crippen molar-refractivity contribution in [2.24, 2.45) is 0 Å². The molecule has 0 saturated heterocycles. The quantitative estimate of drug-likeness (QED) is 0.899. The molecule has 1 N–H and O–H groups in total. The third-order valence-electron chi connectivity index (χ3n) is 3.02. The van der Waals surface area contributed by atoms with Crippen LogP contribution in [0.25, 0.3) is 11.3 Å². The Balaban J connectivity index is 2.67. The number of hydrogen-bond donors (Lipinski definition) is 1. The van der Waals surface area contributed by atoms with E-state index in [4.69, 9.17) is 0 Å². The minimum absolute atomic E-state index is 0.825. The van der Waals surface area contributed by atoms with Crippen molar-refractivity contribution in [3.63, 3.8) is 0 Å². The molecule has 94 valence electrons. The van der Waals surface area contributed by atoms with Crippen LogP contribution in [0.2, 0.25) is 0 Å². The van der Waals surface area contributed by atoms with Gasteiger partial charge in [-0.05, 0) is 25.5 Å². The summed E-state index contributed by atoms with van der Waals surface area (Å²) in [5.74, 6) is 1.75. The van der Waals surface area contributed by atoms with Gasteiger partial charge in [0.15, 0.2) is 0 Å². The summed E-state index contributed by atoms with van der Waals surface area (Å²) in [6, 6.07) is 2.00. The molecule has 0 aliphatic carbocycles. The Labute approximate surface area is 108 Å². The van der Waals surface area contributed by atoms with E-state index in [2.05, 4.69) is 34.1 Å². The molecule has 2 rings (SSSR count). The fraction of sp³-hybridized carbons (Fsp3) is 0.357. The molecule has 0 fully saturated rings. The third kappa shape index (κ3) is 2.18. The van der Waals surface area contributed by atoms with E-state index in [0.29, 0.717) is 0 Å². The second kappa shape index (κ2) is 5.12. The molecule has 0 aliphatic heterocycles. The van der Waals surface area contributed by atoms with Gasteiger partial charge >= 0.3 is 0 Å². The van der Waals surface area contributed by atoms with Crippen LogP contribution >= 0.6 is 0 Å². The molecule has 0 amide bonds. The molecule has 0 aliphatic rings. The molecular weight excluding hydrogens is 224 g/mol. The first-order chi connectivity index (χ1) is 8.67. The molecule has 4 heteroatoms. The predicted octanol–water partition coefficient (Wildman–Crippen LogP) is 2.76. The highest BCUT2D eigenvalue weighted by atomic mass is 15.0. The van der Waals surface area contributed by atoms with Gasteiger partial charge in [0.2, 0.25) is 0 Å². The molecule has 0 saturated carbocycles. The molecule has 0 unspecified atom stereocenters. The predicted molar refractivity (Wildman–Crippen MR) is 73.7 cm³/mol. The maximum atomic E-state index is 4.65. The summed E-state index contributed by atoms with van der Waals surface area (Å²) >= 11 is 0. The lowest BCUT2D eigenvalue weighted by molar-refractivity contribution is 0.935. The molecule has 2 aromatic rings. The van der Waals surface area contributed by atoms with Crippen molar-refractivity contribution in [3.8, 4) is 11.3 Å². The smallest absolute Gasteiger partial charge is 0.132 e. The van der Waals surface area contributed by atoms with Crippen molar-refractivity contribution >= 4 is 5.82 Å². The summed E-state index contributed by atoms with van der Waals surface area (Å²) < 4.78 is 0. The van der Waals surface area contributed by atoms with Crippen molar-refractivity contribution < 1.29 is 0 Å². The summed E-state index contributed by atoms with van der Waals surface area (Å²) in [6.07, 6.45) is 4.49. The fourth-order valence-electron chi connectivity index (χ4n) is 1.97. The Kier molecular flexibility index (Phi) is 3.55. The summed E-state index contributed by atoms with van der Waals surface area (Å²) in [7, 11) is 1.89. The minimum atomic E-state index is 0.825. The van der Waals surface area contributed by atoms with E-state index in [1.807, 2.05) is 26.2 Å². The second-order valence-electron chi connectivity index (χ2n) is 4.26. The van der Waals surface area contributed by atoms with Crippen LogP contribution in [-0.2, 0) is 6.42 Å².